The molecule has 20 heavy (non-hydrogen) atoms. The molecule has 2 saturated carbocycles. The van der Waals surface area contributed by atoms with E-state index in [-0.39, 0.29) is 23.5 Å². The Hall–Kier alpha value is -1.26. The summed E-state index contributed by atoms with van der Waals surface area (Å²) in [5.41, 5.74) is 0.167. The molecule has 4 unspecified atom stereocenters. The molecule has 1 saturated heterocycles. The van der Waals surface area contributed by atoms with Gasteiger partial charge in [-0.25, -0.2) is 9.59 Å². The second-order valence-corrected chi connectivity index (χ2v) is 7.30. The van der Waals surface area contributed by atoms with Gasteiger partial charge in [-0.3, -0.25) is 0 Å². The van der Waals surface area contributed by atoms with Crippen LogP contribution in [0.2, 0.25) is 0 Å². The van der Waals surface area contributed by atoms with E-state index in [1.165, 1.54) is 6.42 Å². The van der Waals surface area contributed by atoms with Gasteiger partial charge in [0, 0.05) is 12.1 Å². The summed E-state index contributed by atoms with van der Waals surface area (Å²) in [7, 11) is 0. The van der Waals surface area contributed by atoms with Crippen LogP contribution >= 0.6 is 0 Å². The number of rotatable bonds is 2. The van der Waals surface area contributed by atoms with Crippen molar-refractivity contribution in [2.24, 2.45) is 11.3 Å². The summed E-state index contributed by atoms with van der Waals surface area (Å²) in [4.78, 5) is 25.6. The lowest BCUT2D eigenvalue weighted by atomic mass is 9.85. The van der Waals surface area contributed by atoms with E-state index < -0.39 is 12.0 Å². The van der Waals surface area contributed by atoms with Gasteiger partial charge in [-0.05, 0) is 37.0 Å². The van der Waals surface area contributed by atoms with Crippen LogP contribution in [0.4, 0.5) is 4.79 Å². The van der Waals surface area contributed by atoms with Crippen molar-refractivity contribution in [1.82, 2.24) is 10.2 Å². The Morgan fingerprint density at radius 1 is 1.25 bits per heavy atom. The van der Waals surface area contributed by atoms with Gasteiger partial charge in [0.25, 0.3) is 0 Å². The lowest BCUT2D eigenvalue weighted by Gasteiger charge is -2.33. The van der Waals surface area contributed by atoms with Crippen LogP contribution in [-0.2, 0) is 4.79 Å². The fourth-order valence-corrected chi connectivity index (χ4v) is 3.91. The standard InChI is InChI=1S/C15H24N2O3/c1-15(2)8-12(15)16-14(20)17-10-6-4-3-5-9(10)7-11(17)13(18)19/h9-12H,3-8H2,1-2H3,(H,16,20)(H,18,19). The molecule has 0 aromatic rings. The predicted molar refractivity (Wildman–Crippen MR) is 74.3 cm³/mol. The van der Waals surface area contributed by atoms with Crippen LogP contribution in [0.3, 0.4) is 0 Å². The number of nitrogens with zero attached hydrogens (tertiary/aromatic N) is 1. The van der Waals surface area contributed by atoms with Crippen LogP contribution < -0.4 is 5.32 Å². The minimum absolute atomic E-state index is 0.131. The smallest absolute Gasteiger partial charge is 0.326 e. The van der Waals surface area contributed by atoms with Crippen molar-refractivity contribution in [3.63, 3.8) is 0 Å². The van der Waals surface area contributed by atoms with Crippen LogP contribution in [0.1, 0.15) is 52.4 Å². The van der Waals surface area contributed by atoms with E-state index in [0.29, 0.717) is 12.3 Å². The molecule has 3 rings (SSSR count). The predicted octanol–water partition coefficient (Wildman–Crippen LogP) is 2.21. The zero-order chi connectivity index (χ0) is 14.5. The first kappa shape index (κ1) is 13.7. The van der Waals surface area contributed by atoms with E-state index in [4.69, 9.17) is 0 Å². The van der Waals surface area contributed by atoms with Crippen molar-refractivity contribution in [2.45, 2.75) is 70.5 Å². The molecular formula is C15H24N2O3. The SMILES string of the molecule is CC1(C)CC1NC(=O)N1C(C(=O)O)CC2CCCCC21. The topological polar surface area (TPSA) is 69.6 Å². The van der Waals surface area contributed by atoms with Gasteiger partial charge in [-0.1, -0.05) is 26.7 Å². The van der Waals surface area contributed by atoms with Crippen LogP contribution in [0.15, 0.2) is 0 Å². The molecule has 0 radical (unpaired) electrons. The van der Waals surface area contributed by atoms with Gasteiger partial charge in [-0.2, -0.15) is 0 Å². The Balaban J connectivity index is 1.73. The third-order valence-corrected chi connectivity index (χ3v) is 5.42. The first-order chi connectivity index (χ1) is 9.40. The number of amides is 2. The maximum absolute atomic E-state index is 12.5. The number of carbonyl (C=O) groups is 2. The summed E-state index contributed by atoms with van der Waals surface area (Å²) in [6.07, 6.45) is 5.90. The minimum Gasteiger partial charge on any atom is -0.480 e. The fourth-order valence-electron chi connectivity index (χ4n) is 3.91. The summed E-state index contributed by atoms with van der Waals surface area (Å²) < 4.78 is 0. The highest BCUT2D eigenvalue weighted by molar-refractivity contribution is 5.84. The Labute approximate surface area is 119 Å². The molecule has 0 aromatic heterocycles. The second-order valence-electron chi connectivity index (χ2n) is 7.30. The lowest BCUT2D eigenvalue weighted by molar-refractivity contribution is -0.141. The number of urea groups is 1. The molecule has 0 spiro atoms. The van der Waals surface area contributed by atoms with Crippen LogP contribution in [0, 0.1) is 11.3 Å². The number of carbonyl (C=O) groups excluding carboxylic acids is 1. The summed E-state index contributed by atoms with van der Waals surface area (Å²) in [5.74, 6) is -0.479. The Kier molecular flexibility index (Phi) is 3.18. The van der Waals surface area contributed by atoms with Gasteiger partial charge in [0.05, 0.1) is 0 Å². The summed E-state index contributed by atoms with van der Waals surface area (Å²) in [6.45, 7) is 4.25. The van der Waals surface area contributed by atoms with Crippen molar-refractivity contribution in [3.05, 3.63) is 0 Å². The highest BCUT2D eigenvalue weighted by Gasteiger charge is 2.51. The molecule has 2 N–H and O–H groups in total. The maximum Gasteiger partial charge on any atom is 0.326 e. The molecule has 2 aliphatic carbocycles. The average molecular weight is 280 g/mol. The quantitative estimate of drug-likeness (QED) is 0.814. The monoisotopic (exact) mass is 280 g/mol. The molecule has 5 nitrogen and oxygen atoms in total. The third-order valence-electron chi connectivity index (χ3n) is 5.42. The number of fused-ring (bicyclic) bond motifs is 1. The van der Waals surface area contributed by atoms with Crippen molar-refractivity contribution >= 4 is 12.0 Å². The van der Waals surface area contributed by atoms with Gasteiger partial charge < -0.3 is 15.3 Å². The molecule has 5 heteroatoms. The first-order valence-electron chi connectivity index (χ1n) is 7.72. The molecule has 3 aliphatic rings. The summed E-state index contributed by atoms with van der Waals surface area (Å²) >= 11 is 0. The number of carboxylic acids is 1. The number of hydrogen-bond acceptors (Lipinski definition) is 2. The van der Waals surface area contributed by atoms with Crippen LogP contribution in [0.25, 0.3) is 0 Å². The summed E-state index contributed by atoms with van der Waals surface area (Å²) in [5, 5.41) is 12.4. The zero-order valence-corrected chi connectivity index (χ0v) is 12.3. The van der Waals surface area contributed by atoms with Gasteiger partial charge in [-0.15, -0.1) is 0 Å². The van der Waals surface area contributed by atoms with Gasteiger partial charge >= 0.3 is 12.0 Å². The number of likely N-dealkylation sites (tertiary alicyclic amines) is 1. The second kappa shape index (κ2) is 4.64. The number of carboxylic acid groups (broad SMARTS) is 1. The molecule has 1 aliphatic heterocycles. The van der Waals surface area contributed by atoms with Crippen molar-refractivity contribution in [1.29, 1.82) is 0 Å². The van der Waals surface area contributed by atoms with E-state index in [0.717, 1.165) is 25.7 Å². The Morgan fingerprint density at radius 2 is 1.90 bits per heavy atom. The first-order valence-corrected chi connectivity index (χ1v) is 7.72. The Bertz CT molecular complexity index is 435. The van der Waals surface area contributed by atoms with Gasteiger partial charge in [0.2, 0.25) is 0 Å². The van der Waals surface area contributed by atoms with Crippen molar-refractivity contribution in [2.75, 3.05) is 0 Å². The number of nitrogens with one attached hydrogen (secondary N) is 1. The molecule has 0 aromatic carbocycles. The fraction of sp³-hybridized carbons (Fsp3) is 0.867. The normalized spacial score (nSPS) is 38.2. The van der Waals surface area contributed by atoms with Crippen LogP contribution in [0.5, 0.6) is 0 Å². The van der Waals surface area contributed by atoms with Crippen LogP contribution in [-0.4, -0.2) is 40.1 Å². The molecule has 112 valence electrons. The Morgan fingerprint density at radius 3 is 2.50 bits per heavy atom. The zero-order valence-electron chi connectivity index (χ0n) is 12.3. The summed E-state index contributed by atoms with van der Waals surface area (Å²) in [6, 6.07) is -0.467. The highest BCUT2D eigenvalue weighted by atomic mass is 16.4. The minimum atomic E-state index is -0.857. The van der Waals surface area contributed by atoms with E-state index >= 15 is 0 Å². The largest absolute Gasteiger partial charge is 0.480 e. The van der Waals surface area contributed by atoms with E-state index in [2.05, 4.69) is 19.2 Å². The van der Waals surface area contributed by atoms with Crippen molar-refractivity contribution in [3.8, 4) is 0 Å². The van der Waals surface area contributed by atoms with E-state index in [1.807, 2.05) is 0 Å². The van der Waals surface area contributed by atoms with E-state index in [9.17, 15) is 14.7 Å². The van der Waals surface area contributed by atoms with Crippen molar-refractivity contribution < 1.29 is 14.7 Å². The molecule has 4 atom stereocenters. The van der Waals surface area contributed by atoms with Gasteiger partial charge in [0.1, 0.15) is 6.04 Å². The maximum atomic E-state index is 12.5. The molecule has 3 fully saturated rings. The number of aliphatic carboxylic acids is 1. The highest BCUT2D eigenvalue weighted by Crippen LogP contribution is 2.45. The molecule has 0 bridgehead atoms. The van der Waals surface area contributed by atoms with Gasteiger partial charge in [0.15, 0.2) is 0 Å². The third kappa shape index (κ3) is 2.27. The molecule has 1 heterocycles. The molecular weight excluding hydrogens is 256 g/mol. The average Bonchev–Trinajstić information content (AvgIpc) is 2.84. The molecule has 2 amide bonds. The van der Waals surface area contributed by atoms with E-state index in [1.54, 1.807) is 4.90 Å². The lowest BCUT2D eigenvalue weighted by Crippen LogP contribution is -2.51. The number of hydrogen-bond donors (Lipinski definition) is 2.